The molecule has 0 radical (unpaired) electrons. The summed E-state index contributed by atoms with van der Waals surface area (Å²) in [7, 11) is 1.61. The number of carbonyl (C=O) groups excluding carboxylic acids is 1. The van der Waals surface area contributed by atoms with Crippen molar-refractivity contribution < 1.29 is 9.53 Å². The molecule has 0 bridgehead atoms. The number of amides is 1. The second kappa shape index (κ2) is 11.1. The van der Waals surface area contributed by atoms with Crippen molar-refractivity contribution >= 4 is 5.91 Å². The third-order valence-electron chi connectivity index (χ3n) is 2.11. The smallest absolute Gasteiger partial charge is 0.245 e. The Labute approximate surface area is 104 Å². The molecule has 0 heterocycles. The topological polar surface area (TPSA) is 38.3 Å². The van der Waals surface area contributed by atoms with E-state index >= 15 is 0 Å². The van der Waals surface area contributed by atoms with Gasteiger partial charge in [-0.3, -0.25) is 4.79 Å². The molecule has 0 atom stereocenters. The highest BCUT2D eigenvalue weighted by Crippen LogP contribution is 2.01. The van der Waals surface area contributed by atoms with Crippen molar-refractivity contribution in [3.63, 3.8) is 0 Å². The van der Waals surface area contributed by atoms with E-state index in [1.54, 1.807) is 7.05 Å². The molecule has 0 aliphatic carbocycles. The fraction of sp³-hybridized carbons (Fsp3) is 0.500. The third-order valence-corrected chi connectivity index (χ3v) is 2.11. The molecule has 0 spiro atoms. The number of nitrogens with one attached hydrogen (secondary N) is 1. The van der Waals surface area contributed by atoms with Crippen molar-refractivity contribution in [1.82, 2.24) is 5.32 Å². The average Bonchev–Trinajstić information content (AvgIpc) is 2.41. The Bertz CT molecular complexity index is 286. The number of carbonyl (C=O) groups is 1. The Kier molecular flexibility index (Phi) is 10.3. The summed E-state index contributed by atoms with van der Waals surface area (Å²) < 4.78 is 5.20. The first-order valence-corrected chi connectivity index (χ1v) is 6.15. The number of aryl methyl sites for hydroxylation is 1. The summed E-state index contributed by atoms with van der Waals surface area (Å²) >= 11 is 0. The van der Waals surface area contributed by atoms with Gasteiger partial charge in [0.15, 0.2) is 0 Å². The fourth-order valence-electron chi connectivity index (χ4n) is 1.26. The Morgan fingerprint density at radius 1 is 1.24 bits per heavy atom. The van der Waals surface area contributed by atoms with Crippen molar-refractivity contribution in [3.8, 4) is 0 Å². The highest BCUT2D eigenvalue weighted by atomic mass is 16.5. The maximum atomic E-state index is 10.8. The molecule has 0 aliphatic rings. The zero-order valence-electron chi connectivity index (χ0n) is 11.0. The normalized spacial score (nSPS) is 9.12. The standard InChI is InChI=1S/C12H17NO2.C2H6/c1-13-12(14)10-15-9-5-8-11-6-3-2-4-7-11;1-2/h2-4,6-7H,5,8-10H2,1H3,(H,13,14);1-2H3. The Morgan fingerprint density at radius 3 is 2.47 bits per heavy atom. The summed E-state index contributed by atoms with van der Waals surface area (Å²) in [6, 6.07) is 10.3. The summed E-state index contributed by atoms with van der Waals surface area (Å²) in [5.41, 5.74) is 1.31. The van der Waals surface area contributed by atoms with E-state index in [9.17, 15) is 4.79 Å². The lowest BCUT2D eigenvalue weighted by molar-refractivity contribution is -0.125. The second-order valence-corrected chi connectivity index (χ2v) is 3.31. The van der Waals surface area contributed by atoms with E-state index in [1.165, 1.54) is 5.56 Å². The van der Waals surface area contributed by atoms with Gasteiger partial charge in [0.2, 0.25) is 5.91 Å². The Morgan fingerprint density at radius 2 is 1.88 bits per heavy atom. The van der Waals surface area contributed by atoms with E-state index in [-0.39, 0.29) is 12.5 Å². The number of hydrogen-bond donors (Lipinski definition) is 1. The highest BCUT2D eigenvalue weighted by Gasteiger charge is 1.97. The molecule has 0 saturated carbocycles. The minimum atomic E-state index is -0.0743. The second-order valence-electron chi connectivity index (χ2n) is 3.31. The third kappa shape index (κ3) is 8.46. The van der Waals surface area contributed by atoms with E-state index < -0.39 is 0 Å². The first-order valence-electron chi connectivity index (χ1n) is 6.15. The SMILES string of the molecule is CC.CNC(=O)COCCCc1ccccc1. The minimum absolute atomic E-state index is 0.0743. The number of benzene rings is 1. The molecule has 1 aromatic rings. The summed E-state index contributed by atoms with van der Waals surface area (Å²) in [5, 5.41) is 2.51. The average molecular weight is 237 g/mol. The molecule has 96 valence electrons. The largest absolute Gasteiger partial charge is 0.372 e. The molecule has 0 fully saturated rings. The Hall–Kier alpha value is -1.35. The van der Waals surface area contributed by atoms with Gasteiger partial charge < -0.3 is 10.1 Å². The zero-order chi connectivity index (χ0) is 12.9. The summed E-state index contributed by atoms with van der Waals surface area (Å²) in [6.07, 6.45) is 1.94. The molecule has 1 N–H and O–H groups in total. The summed E-state index contributed by atoms with van der Waals surface area (Å²) in [4.78, 5) is 10.8. The maximum Gasteiger partial charge on any atom is 0.245 e. The van der Waals surface area contributed by atoms with E-state index in [1.807, 2.05) is 32.0 Å². The van der Waals surface area contributed by atoms with Crippen molar-refractivity contribution in [2.75, 3.05) is 20.3 Å². The van der Waals surface area contributed by atoms with Crippen LogP contribution >= 0.6 is 0 Å². The monoisotopic (exact) mass is 237 g/mol. The molecule has 0 saturated heterocycles. The van der Waals surface area contributed by atoms with Gasteiger partial charge in [0, 0.05) is 13.7 Å². The zero-order valence-corrected chi connectivity index (χ0v) is 11.0. The maximum absolute atomic E-state index is 10.8. The first-order chi connectivity index (χ1) is 8.33. The van der Waals surface area contributed by atoms with Gasteiger partial charge in [-0.05, 0) is 18.4 Å². The molecular weight excluding hydrogens is 214 g/mol. The first kappa shape index (κ1) is 15.7. The molecule has 1 rings (SSSR count). The Balaban J connectivity index is 0.00000121. The molecule has 1 amide bonds. The van der Waals surface area contributed by atoms with Crippen molar-refractivity contribution in [3.05, 3.63) is 35.9 Å². The number of likely N-dealkylation sites (N-methyl/N-ethyl adjacent to an activating group) is 1. The van der Waals surface area contributed by atoms with Gasteiger partial charge in [0.25, 0.3) is 0 Å². The van der Waals surface area contributed by atoms with Crippen LogP contribution in [0.25, 0.3) is 0 Å². The van der Waals surface area contributed by atoms with Crippen molar-refractivity contribution in [2.24, 2.45) is 0 Å². The lowest BCUT2D eigenvalue weighted by Crippen LogP contribution is -2.23. The van der Waals surface area contributed by atoms with Crippen LogP contribution in [0.4, 0.5) is 0 Å². The van der Waals surface area contributed by atoms with Gasteiger partial charge in [-0.25, -0.2) is 0 Å². The van der Waals surface area contributed by atoms with Crippen molar-refractivity contribution in [1.29, 1.82) is 0 Å². The summed E-state index contributed by atoms with van der Waals surface area (Å²) in [6.45, 7) is 4.79. The van der Waals surface area contributed by atoms with Crippen LogP contribution in [0, 0.1) is 0 Å². The van der Waals surface area contributed by atoms with Crippen LogP contribution in [0.2, 0.25) is 0 Å². The van der Waals surface area contributed by atoms with Crippen molar-refractivity contribution in [2.45, 2.75) is 26.7 Å². The number of ether oxygens (including phenoxy) is 1. The van der Waals surface area contributed by atoms with Crippen LogP contribution < -0.4 is 5.32 Å². The van der Waals surface area contributed by atoms with Crippen LogP contribution in [-0.4, -0.2) is 26.2 Å². The van der Waals surface area contributed by atoms with E-state index in [0.717, 1.165) is 12.8 Å². The molecule has 17 heavy (non-hydrogen) atoms. The van der Waals surface area contributed by atoms with Gasteiger partial charge in [0.1, 0.15) is 6.61 Å². The van der Waals surface area contributed by atoms with Gasteiger partial charge in [-0.15, -0.1) is 0 Å². The van der Waals surface area contributed by atoms with Crippen LogP contribution in [0.15, 0.2) is 30.3 Å². The lowest BCUT2D eigenvalue weighted by Gasteiger charge is -2.03. The number of hydrogen-bond acceptors (Lipinski definition) is 2. The molecule has 1 aromatic carbocycles. The predicted octanol–water partition coefficient (Wildman–Crippen LogP) is 2.41. The van der Waals surface area contributed by atoms with Gasteiger partial charge in [-0.2, -0.15) is 0 Å². The fourth-order valence-corrected chi connectivity index (χ4v) is 1.26. The number of rotatable bonds is 6. The molecule has 3 nitrogen and oxygen atoms in total. The van der Waals surface area contributed by atoms with E-state index in [4.69, 9.17) is 4.74 Å². The molecule has 0 aliphatic heterocycles. The summed E-state index contributed by atoms with van der Waals surface area (Å²) in [5.74, 6) is -0.0743. The van der Waals surface area contributed by atoms with Gasteiger partial charge in [-0.1, -0.05) is 44.2 Å². The van der Waals surface area contributed by atoms with Crippen LogP contribution in [0.1, 0.15) is 25.8 Å². The highest BCUT2D eigenvalue weighted by molar-refractivity contribution is 5.76. The molecule has 0 unspecified atom stereocenters. The van der Waals surface area contributed by atoms with E-state index in [0.29, 0.717) is 6.61 Å². The van der Waals surface area contributed by atoms with Gasteiger partial charge in [0.05, 0.1) is 0 Å². The quantitative estimate of drug-likeness (QED) is 0.772. The van der Waals surface area contributed by atoms with Crippen LogP contribution in [0.5, 0.6) is 0 Å². The molecule has 0 aromatic heterocycles. The molecular formula is C14H23NO2. The van der Waals surface area contributed by atoms with Gasteiger partial charge >= 0.3 is 0 Å². The lowest BCUT2D eigenvalue weighted by atomic mass is 10.1. The predicted molar refractivity (Wildman–Crippen MR) is 71.0 cm³/mol. The van der Waals surface area contributed by atoms with Crippen LogP contribution in [-0.2, 0) is 16.0 Å². The minimum Gasteiger partial charge on any atom is -0.372 e. The van der Waals surface area contributed by atoms with Crippen LogP contribution in [0.3, 0.4) is 0 Å². The molecule has 3 heteroatoms. The van der Waals surface area contributed by atoms with E-state index in [2.05, 4.69) is 17.4 Å².